The van der Waals surface area contributed by atoms with E-state index in [-0.39, 0.29) is 29.4 Å². The van der Waals surface area contributed by atoms with Gasteiger partial charge >= 0.3 is 0 Å². The van der Waals surface area contributed by atoms with Gasteiger partial charge in [0.15, 0.2) is 16.7 Å². The molecule has 3 aromatic rings. The molecule has 3 heterocycles. The van der Waals surface area contributed by atoms with Crippen molar-refractivity contribution in [2.75, 3.05) is 25.5 Å². The molecule has 2 aliphatic heterocycles. The lowest BCUT2D eigenvalue weighted by atomic mass is 10.2. The zero-order chi connectivity index (χ0) is 22.6. The lowest BCUT2D eigenvalue weighted by molar-refractivity contribution is -0.119. The molecule has 0 radical (unpaired) electrons. The zero-order valence-corrected chi connectivity index (χ0v) is 18.9. The molecule has 5 rings (SSSR count). The van der Waals surface area contributed by atoms with E-state index in [9.17, 15) is 9.59 Å². The van der Waals surface area contributed by atoms with Crippen molar-refractivity contribution >= 4 is 28.6 Å². The summed E-state index contributed by atoms with van der Waals surface area (Å²) in [5.41, 5.74) is 0.519. The number of para-hydroxylation sites is 3. The fraction of sp³-hybridized carbons (Fsp3) is 0.375. The number of hydrogen-bond acceptors (Lipinski definition) is 7. The van der Waals surface area contributed by atoms with Crippen molar-refractivity contribution in [2.24, 2.45) is 0 Å². The maximum Gasteiger partial charge on any atom is 0.262 e. The van der Waals surface area contributed by atoms with E-state index in [2.05, 4.69) is 10.3 Å². The van der Waals surface area contributed by atoms with Gasteiger partial charge in [-0.15, -0.1) is 0 Å². The maximum atomic E-state index is 13.1. The molecule has 1 fully saturated rings. The third-order valence-electron chi connectivity index (χ3n) is 5.66. The molecule has 172 valence electrons. The normalized spacial score (nSPS) is 19.5. The van der Waals surface area contributed by atoms with Crippen LogP contribution in [0.1, 0.15) is 12.8 Å². The van der Waals surface area contributed by atoms with Crippen LogP contribution in [0.2, 0.25) is 0 Å². The number of aromatic nitrogens is 2. The van der Waals surface area contributed by atoms with Crippen molar-refractivity contribution in [1.29, 1.82) is 0 Å². The molecule has 0 bridgehead atoms. The number of ether oxygens (including phenoxy) is 3. The smallest absolute Gasteiger partial charge is 0.262 e. The number of carbonyl (C=O) groups is 1. The van der Waals surface area contributed by atoms with Gasteiger partial charge in [0.1, 0.15) is 12.7 Å². The number of amides is 1. The second-order valence-electron chi connectivity index (χ2n) is 8.05. The average Bonchev–Trinajstić information content (AvgIpc) is 3.36. The molecule has 2 aliphatic rings. The van der Waals surface area contributed by atoms with Gasteiger partial charge < -0.3 is 19.5 Å². The summed E-state index contributed by atoms with van der Waals surface area (Å²) in [4.78, 5) is 30.3. The lowest BCUT2D eigenvalue weighted by Crippen LogP contribution is -2.41. The Morgan fingerprint density at radius 3 is 2.79 bits per heavy atom. The zero-order valence-electron chi connectivity index (χ0n) is 18.1. The second kappa shape index (κ2) is 9.84. The Labute approximate surface area is 195 Å². The molecular weight excluding hydrogens is 442 g/mol. The van der Waals surface area contributed by atoms with E-state index in [1.807, 2.05) is 42.5 Å². The minimum atomic E-state index is -0.259. The summed E-state index contributed by atoms with van der Waals surface area (Å²) in [6.07, 6.45) is 1.63. The number of benzene rings is 2. The van der Waals surface area contributed by atoms with E-state index in [1.165, 1.54) is 11.8 Å². The number of carbonyl (C=O) groups excluding carboxylic acids is 1. The summed E-state index contributed by atoms with van der Waals surface area (Å²) < 4.78 is 19.0. The van der Waals surface area contributed by atoms with Crippen LogP contribution in [0.25, 0.3) is 10.9 Å². The van der Waals surface area contributed by atoms with Gasteiger partial charge in [-0.05, 0) is 37.1 Å². The first-order valence-electron chi connectivity index (χ1n) is 11.1. The Morgan fingerprint density at radius 1 is 1.12 bits per heavy atom. The van der Waals surface area contributed by atoms with Gasteiger partial charge in [-0.2, -0.15) is 0 Å². The van der Waals surface area contributed by atoms with Crippen molar-refractivity contribution < 1.29 is 19.0 Å². The van der Waals surface area contributed by atoms with Gasteiger partial charge in [0.05, 0.1) is 35.8 Å². The monoisotopic (exact) mass is 467 g/mol. The Kier molecular flexibility index (Phi) is 6.50. The van der Waals surface area contributed by atoms with Gasteiger partial charge in [-0.25, -0.2) is 4.98 Å². The number of nitrogens with zero attached hydrogens (tertiary/aromatic N) is 2. The quantitative estimate of drug-likeness (QED) is 0.422. The van der Waals surface area contributed by atoms with E-state index in [0.717, 1.165) is 12.8 Å². The summed E-state index contributed by atoms with van der Waals surface area (Å²) in [5, 5.41) is 3.99. The number of thioether (sulfide) groups is 1. The highest BCUT2D eigenvalue weighted by atomic mass is 32.2. The van der Waals surface area contributed by atoms with Crippen LogP contribution in [0.3, 0.4) is 0 Å². The second-order valence-corrected chi connectivity index (χ2v) is 9.00. The fourth-order valence-corrected chi connectivity index (χ4v) is 4.82. The van der Waals surface area contributed by atoms with Crippen molar-refractivity contribution in [3.63, 3.8) is 0 Å². The largest absolute Gasteiger partial charge is 0.486 e. The van der Waals surface area contributed by atoms with Gasteiger partial charge in [-0.1, -0.05) is 36.0 Å². The molecule has 1 N–H and O–H groups in total. The molecule has 1 saturated heterocycles. The van der Waals surface area contributed by atoms with Gasteiger partial charge in [0.25, 0.3) is 5.56 Å². The number of nitrogens with one attached hydrogen (secondary N) is 1. The number of rotatable bonds is 7. The molecule has 9 heteroatoms. The third kappa shape index (κ3) is 4.99. The molecule has 0 spiro atoms. The highest BCUT2D eigenvalue weighted by Crippen LogP contribution is 2.30. The SMILES string of the molecule is O=C(CSc1nc2ccccc2c(=O)n1CC1CCCO1)NCC1COc2ccccc2O1. The summed E-state index contributed by atoms with van der Waals surface area (Å²) in [7, 11) is 0. The Morgan fingerprint density at radius 2 is 1.94 bits per heavy atom. The van der Waals surface area contributed by atoms with Crippen molar-refractivity contribution in [1.82, 2.24) is 14.9 Å². The predicted molar refractivity (Wildman–Crippen MR) is 125 cm³/mol. The Balaban J connectivity index is 1.24. The van der Waals surface area contributed by atoms with Crippen LogP contribution in [0.4, 0.5) is 0 Å². The molecule has 2 aromatic carbocycles. The molecule has 1 aromatic heterocycles. The summed E-state index contributed by atoms with van der Waals surface area (Å²) >= 11 is 1.25. The molecule has 2 unspecified atom stereocenters. The van der Waals surface area contributed by atoms with E-state index in [0.29, 0.717) is 53.9 Å². The first-order valence-corrected chi connectivity index (χ1v) is 12.0. The maximum absolute atomic E-state index is 13.1. The summed E-state index contributed by atoms with van der Waals surface area (Å²) in [5.74, 6) is 1.37. The van der Waals surface area contributed by atoms with Crippen LogP contribution < -0.4 is 20.3 Å². The van der Waals surface area contributed by atoms with Gasteiger partial charge in [0, 0.05) is 6.61 Å². The number of hydrogen-bond donors (Lipinski definition) is 1. The highest BCUT2D eigenvalue weighted by Gasteiger charge is 2.23. The number of fused-ring (bicyclic) bond motifs is 2. The van der Waals surface area contributed by atoms with E-state index < -0.39 is 0 Å². The van der Waals surface area contributed by atoms with E-state index >= 15 is 0 Å². The molecular formula is C24H25N3O5S. The predicted octanol–water partition coefficient (Wildman–Crippen LogP) is 2.62. The highest BCUT2D eigenvalue weighted by molar-refractivity contribution is 7.99. The fourth-order valence-electron chi connectivity index (χ4n) is 3.98. The first kappa shape index (κ1) is 21.8. The first-order chi connectivity index (χ1) is 16.2. The molecule has 2 atom stereocenters. The van der Waals surface area contributed by atoms with Gasteiger partial charge in [-0.3, -0.25) is 14.2 Å². The molecule has 8 nitrogen and oxygen atoms in total. The van der Waals surface area contributed by atoms with E-state index in [1.54, 1.807) is 10.6 Å². The summed E-state index contributed by atoms with van der Waals surface area (Å²) in [6.45, 7) is 1.86. The minimum Gasteiger partial charge on any atom is -0.486 e. The Hall–Kier alpha value is -3.04. The topological polar surface area (TPSA) is 91.7 Å². The molecule has 1 amide bonds. The van der Waals surface area contributed by atoms with Gasteiger partial charge in [0.2, 0.25) is 5.91 Å². The molecule has 0 aliphatic carbocycles. The van der Waals surface area contributed by atoms with Crippen LogP contribution in [-0.2, 0) is 16.1 Å². The summed E-state index contributed by atoms with van der Waals surface area (Å²) in [6, 6.07) is 14.7. The molecule has 33 heavy (non-hydrogen) atoms. The van der Waals surface area contributed by atoms with Crippen LogP contribution in [-0.4, -0.2) is 53.2 Å². The van der Waals surface area contributed by atoms with Crippen molar-refractivity contribution in [2.45, 2.75) is 36.8 Å². The van der Waals surface area contributed by atoms with Crippen LogP contribution >= 0.6 is 11.8 Å². The third-order valence-corrected chi connectivity index (χ3v) is 6.64. The Bertz CT molecular complexity index is 1210. The lowest BCUT2D eigenvalue weighted by Gasteiger charge is -2.26. The van der Waals surface area contributed by atoms with Crippen molar-refractivity contribution in [3.8, 4) is 11.5 Å². The van der Waals surface area contributed by atoms with Crippen molar-refractivity contribution in [3.05, 3.63) is 58.9 Å². The van der Waals surface area contributed by atoms with Crippen LogP contribution in [0.5, 0.6) is 11.5 Å². The van der Waals surface area contributed by atoms with Crippen LogP contribution in [0.15, 0.2) is 58.5 Å². The minimum absolute atomic E-state index is 0.00910. The van der Waals surface area contributed by atoms with Crippen LogP contribution in [0, 0.1) is 0 Å². The average molecular weight is 468 g/mol. The van der Waals surface area contributed by atoms with E-state index in [4.69, 9.17) is 14.2 Å². The standard InChI is InChI=1S/C24H25N3O5S/c28-22(25-12-17-14-31-20-9-3-4-10-21(20)32-17)15-33-24-26-19-8-2-1-7-18(19)23(29)27(24)13-16-6-5-11-30-16/h1-4,7-10,16-17H,5-6,11-15H2,(H,25,28). The molecule has 0 saturated carbocycles.